The molecule has 2 aromatic carbocycles. The molecule has 0 amide bonds. The highest BCUT2D eigenvalue weighted by Gasteiger charge is 2.15. The van der Waals surface area contributed by atoms with Gasteiger partial charge in [0.1, 0.15) is 5.71 Å². The fourth-order valence-corrected chi connectivity index (χ4v) is 4.80. The van der Waals surface area contributed by atoms with Crippen LogP contribution >= 0.6 is 11.3 Å². The summed E-state index contributed by atoms with van der Waals surface area (Å²) in [6, 6.07) is 16.9. The van der Waals surface area contributed by atoms with Crippen LogP contribution in [0.4, 0.5) is 0 Å². The molecule has 0 fully saturated rings. The Morgan fingerprint density at radius 2 is 1.82 bits per heavy atom. The number of carbonyl (C=O) groups is 1. The number of carbonyl (C=O) groups excluding carboxylic acids is 1. The predicted octanol–water partition coefficient (Wildman–Crippen LogP) is 6.13. The minimum Gasteiger partial charge on any atom is -0.493 e. The van der Waals surface area contributed by atoms with Crippen LogP contribution in [0.2, 0.25) is 0 Å². The first-order chi connectivity index (χ1) is 16.0. The van der Waals surface area contributed by atoms with Crippen LogP contribution in [0.3, 0.4) is 0 Å². The molecular formula is C26H24N2O4S. The zero-order valence-electron chi connectivity index (χ0n) is 18.7. The normalized spacial score (nSPS) is 11.5. The Labute approximate surface area is 196 Å². The molecule has 6 nitrogen and oxygen atoms in total. The lowest BCUT2D eigenvalue weighted by Gasteiger charge is -2.09. The molecule has 33 heavy (non-hydrogen) atoms. The van der Waals surface area contributed by atoms with Crippen LogP contribution in [0.5, 0.6) is 11.5 Å². The fourth-order valence-electron chi connectivity index (χ4n) is 3.76. The second-order valence-electron chi connectivity index (χ2n) is 7.55. The van der Waals surface area contributed by atoms with Crippen molar-refractivity contribution in [2.24, 2.45) is 5.16 Å². The first-order valence-corrected chi connectivity index (χ1v) is 11.3. The number of rotatable bonds is 8. The zero-order chi connectivity index (χ0) is 23.4. The Bertz CT molecular complexity index is 1340. The smallest absolute Gasteiger partial charge is 0.163 e. The molecule has 1 N–H and O–H groups in total. The van der Waals surface area contributed by atoms with Gasteiger partial charge in [-0.2, -0.15) is 0 Å². The number of hydrogen-bond acceptors (Lipinski definition) is 7. The Balaban J connectivity index is 1.54. The number of pyridine rings is 1. The molecule has 0 atom stereocenters. The third kappa shape index (κ3) is 4.59. The van der Waals surface area contributed by atoms with E-state index in [9.17, 15) is 10.0 Å². The third-order valence-electron chi connectivity index (χ3n) is 5.53. The standard InChI is InChI=1S/C26H24N2O4S/c1-16-6-4-7-18-19(15-33-26(16)18)20-8-5-9-21(27-20)22(28-30)11-12-23(29)17-10-13-24(31-2)25(14-17)32-3/h4-10,13-15,30H,11-12H2,1-3H3/b28-22-. The van der Waals surface area contributed by atoms with Gasteiger partial charge in [-0.05, 0) is 42.8 Å². The van der Waals surface area contributed by atoms with E-state index in [0.29, 0.717) is 28.5 Å². The Morgan fingerprint density at radius 3 is 2.58 bits per heavy atom. The first-order valence-electron chi connectivity index (χ1n) is 10.5. The molecule has 0 saturated heterocycles. The van der Waals surface area contributed by atoms with Crippen LogP contribution in [-0.2, 0) is 0 Å². The second-order valence-corrected chi connectivity index (χ2v) is 8.43. The van der Waals surface area contributed by atoms with Crippen LogP contribution < -0.4 is 9.47 Å². The Morgan fingerprint density at radius 1 is 1.03 bits per heavy atom. The SMILES string of the molecule is COc1ccc(C(=O)CC/C(=N/O)c2cccc(-c3csc4c(C)cccc34)n2)cc1OC. The lowest BCUT2D eigenvalue weighted by Crippen LogP contribution is -2.09. The van der Waals surface area contributed by atoms with Gasteiger partial charge >= 0.3 is 0 Å². The van der Waals surface area contributed by atoms with E-state index in [1.54, 1.807) is 42.7 Å². The number of aryl methyl sites for hydroxylation is 1. The third-order valence-corrected chi connectivity index (χ3v) is 6.66. The molecule has 0 aliphatic carbocycles. The second kappa shape index (κ2) is 9.83. The molecule has 0 bridgehead atoms. The maximum Gasteiger partial charge on any atom is 0.163 e. The van der Waals surface area contributed by atoms with Crippen LogP contribution in [0.1, 0.15) is 34.5 Å². The first kappa shape index (κ1) is 22.5. The number of hydrogen-bond donors (Lipinski definition) is 1. The van der Waals surface area contributed by atoms with Gasteiger partial charge in [-0.3, -0.25) is 4.79 Å². The highest BCUT2D eigenvalue weighted by Crippen LogP contribution is 2.35. The summed E-state index contributed by atoms with van der Waals surface area (Å²) in [6.07, 6.45) is 0.422. The monoisotopic (exact) mass is 460 g/mol. The number of fused-ring (bicyclic) bond motifs is 1. The van der Waals surface area contributed by atoms with Crippen molar-refractivity contribution in [3.8, 4) is 22.8 Å². The summed E-state index contributed by atoms with van der Waals surface area (Å²) in [7, 11) is 3.07. The molecular weight excluding hydrogens is 436 g/mol. The number of nitrogens with zero attached hydrogens (tertiary/aromatic N) is 2. The van der Waals surface area contributed by atoms with Crippen LogP contribution in [0, 0.1) is 6.92 Å². The van der Waals surface area contributed by atoms with Crippen molar-refractivity contribution in [3.63, 3.8) is 0 Å². The number of aromatic nitrogens is 1. The van der Waals surface area contributed by atoms with Crippen molar-refractivity contribution in [2.45, 2.75) is 19.8 Å². The Kier molecular flexibility index (Phi) is 6.70. The van der Waals surface area contributed by atoms with E-state index in [1.165, 1.54) is 17.4 Å². The van der Waals surface area contributed by atoms with E-state index in [4.69, 9.17) is 14.5 Å². The topological polar surface area (TPSA) is 81.0 Å². The van der Waals surface area contributed by atoms with Gasteiger partial charge in [-0.1, -0.05) is 29.4 Å². The molecule has 0 radical (unpaired) electrons. The maximum absolute atomic E-state index is 12.7. The van der Waals surface area contributed by atoms with E-state index in [0.717, 1.165) is 16.6 Å². The molecule has 4 rings (SSSR count). The van der Waals surface area contributed by atoms with Gasteiger partial charge in [-0.15, -0.1) is 11.3 Å². The number of benzene rings is 2. The number of methoxy groups -OCH3 is 2. The summed E-state index contributed by atoms with van der Waals surface area (Å²) in [5.74, 6) is 0.961. The quantitative estimate of drug-likeness (QED) is 0.148. The minimum atomic E-state index is -0.0902. The van der Waals surface area contributed by atoms with Gasteiger partial charge in [0.05, 0.1) is 25.6 Å². The molecule has 0 aliphatic rings. The number of oxime groups is 1. The van der Waals surface area contributed by atoms with Crippen molar-refractivity contribution in [3.05, 3.63) is 76.8 Å². The van der Waals surface area contributed by atoms with Gasteiger partial charge in [-0.25, -0.2) is 4.98 Å². The molecule has 2 aromatic heterocycles. The number of thiophene rings is 1. The lowest BCUT2D eigenvalue weighted by molar-refractivity contribution is 0.0984. The summed E-state index contributed by atoms with van der Waals surface area (Å²) in [5, 5.41) is 16.3. The summed E-state index contributed by atoms with van der Waals surface area (Å²) in [6.45, 7) is 2.10. The average molecular weight is 461 g/mol. The van der Waals surface area contributed by atoms with Crippen molar-refractivity contribution in [2.75, 3.05) is 14.2 Å². The summed E-state index contributed by atoms with van der Waals surface area (Å²) in [5.41, 5.74) is 4.48. The molecule has 7 heteroatoms. The van der Waals surface area contributed by atoms with E-state index in [2.05, 4.69) is 29.6 Å². The van der Waals surface area contributed by atoms with Gasteiger partial charge in [0.2, 0.25) is 0 Å². The lowest BCUT2D eigenvalue weighted by atomic mass is 10.0. The van der Waals surface area contributed by atoms with Crippen molar-refractivity contribution >= 4 is 32.9 Å². The van der Waals surface area contributed by atoms with E-state index >= 15 is 0 Å². The van der Waals surface area contributed by atoms with Crippen molar-refractivity contribution < 1.29 is 19.5 Å². The molecule has 4 aromatic rings. The maximum atomic E-state index is 12.7. The van der Waals surface area contributed by atoms with Crippen molar-refractivity contribution in [1.82, 2.24) is 4.98 Å². The van der Waals surface area contributed by atoms with Crippen molar-refractivity contribution in [1.29, 1.82) is 0 Å². The van der Waals surface area contributed by atoms with E-state index in [-0.39, 0.29) is 18.6 Å². The molecule has 0 saturated carbocycles. The van der Waals surface area contributed by atoms with Crippen LogP contribution in [0.25, 0.3) is 21.3 Å². The van der Waals surface area contributed by atoms with Gasteiger partial charge in [0.25, 0.3) is 0 Å². The molecule has 2 heterocycles. The highest BCUT2D eigenvalue weighted by atomic mass is 32.1. The molecule has 0 unspecified atom stereocenters. The van der Waals surface area contributed by atoms with E-state index in [1.807, 2.05) is 18.2 Å². The van der Waals surface area contributed by atoms with Gasteiger partial charge in [0.15, 0.2) is 17.3 Å². The zero-order valence-corrected chi connectivity index (χ0v) is 19.5. The van der Waals surface area contributed by atoms with Gasteiger partial charge < -0.3 is 14.7 Å². The Hall–Kier alpha value is -3.71. The van der Waals surface area contributed by atoms with Crippen LogP contribution in [-0.4, -0.2) is 35.9 Å². The van der Waals surface area contributed by atoms with Crippen LogP contribution in [0.15, 0.2) is 65.1 Å². The number of ether oxygens (including phenoxy) is 2. The van der Waals surface area contributed by atoms with Gasteiger partial charge in [0, 0.05) is 39.4 Å². The van der Waals surface area contributed by atoms with E-state index < -0.39 is 0 Å². The fraction of sp³-hybridized carbons (Fsp3) is 0.192. The summed E-state index contributed by atoms with van der Waals surface area (Å²) >= 11 is 1.69. The highest BCUT2D eigenvalue weighted by molar-refractivity contribution is 7.18. The molecule has 0 spiro atoms. The summed E-state index contributed by atoms with van der Waals surface area (Å²) in [4.78, 5) is 17.5. The molecule has 168 valence electrons. The number of ketones is 1. The largest absolute Gasteiger partial charge is 0.493 e. The molecule has 0 aliphatic heterocycles. The summed E-state index contributed by atoms with van der Waals surface area (Å²) < 4.78 is 11.7. The minimum absolute atomic E-state index is 0.0902. The number of Topliss-reactive ketones (excluding diaryl/α,β-unsaturated/α-hetero) is 1. The predicted molar refractivity (Wildman–Crippen MR) is 131 cm³/mol. The average Bonchev–Trinajstić information content (AvgIpc) is 3.29.